The number of para-hydroxylation sites is 1. The summed E-state index contributed by atoms with van der Waals surface area (Å²) in [7, 11) is 1.58. The predicted molar refractivity (Wildman–Crippen MR) is 131 cm³/mol. The summed E-state index contributed by atoms with van der Waals surface area (Å²) in [4.78, 5) is 29.9. The minimum absolute atomic E-state index is 0.0238. The van der Waals surface area contributed by atoms with Crippen LogP contribution in [0.5, 0.6) is 5.75 Å². The zero-order valence-corrected chi connectivity index (χ0v) is 19.9. The Morgan fingerprint density at radius 2 is 1.94 bits per heavy atom. The number of likely N-dealkylation sites (tertiary alicyclic amines) is 1. The van der Waals surface area contributed by atoms with Crippen molar-refractivity contribution in [2.45, 2.75) is 58.4 Å². The Balaban J connectivity index is 1.61. The number of hydrogen-bond donors (Lipinski definition) is 0. The lowest BCUT2D eigenvalue weighted by atomic mass is 9.75. The van der Waals surface area contributed by atoms with Gasteiger partial charge in [0, 0.05) is 25.0 Å². The van der Waals surface area contributed by atoms with Crippen LogP contribution in [0.3, 0.4) is 0 Å². The van der Waals surface area contributed by atoms with Gasteiger partial charge in [-0.25, -0.2) is 0 Å². The Hall–Kier alpha value is -2.34. The Morgan fingerprint density at radius 3 is 2.72 bits per heavy atom. The zero-order valence-electron chi connectivity index (χ0n) is 19.1. The smallest absolute Gasteiger partial charge is 0.267 e. The third-order valence-electron chi connectivity index (χ3n) is 7.48. The number of benzene rings is 1. The van der Waals surface area contributed by atoms with Crippen molar-refractivity contribution in [3.8, 4) is 5.75 Å². The van der Waals surface area contributed by atoms with Crippen LogP contribution in [0.1, 0.15) is 61.5 Å². The molecule has 1 aliphatic carbocycles. The van der Waals surface area contributed by atoms with Crippen LogP contribution >= 0.6 is 11.3 Å². The summed E-state index contributed by atoms with van der Waals surface area (Å²) in [6, 6.07) is 8.03. The fourth-order valence-corrected chi connectivity index (χ4v) is 7.01. The second-order valence-corrected chi connectivity index (χ2v) is 10.4. The van der Waals surface area contributed by atoms with E-state index in [1.165, 1.54) is 37.0 Å². The first-order chi connectivity index (χ1) is 15.6. The number of carbonyl (C=O) groups is 1. The van der Waals surface area contributed by atoms with Gasteiger partial charge in [-0.2, -0.15) is 0 Å². The minimum atomic E-state index is -0.0507. The molecule has 6 heteroatoms. The SMILES string of the molecule is CCCCn1c(=O)c2c(OC)c(C(=O)N3CCC4CCCCC4C3)sc2c2ccccc21. The molecular weight excluding hydrogens is 420 g/mol. The topological polar surface area (TPSA) is 51.5 Å². The quantitative estimate of drug-likeness (QED) is 0.501. The number of pyridine rings is 1. The molecule has 3 aromatic rings. The molecule has 3 heterocycles. The Kier molecular flexibility index (Phi) is 5.97. The number of nitrogens with zero attached hydrogens (tertiary/aromatic N) is 2. The van der Waals surface area contributed by atoms with Crippen LogP contribution in [-0.4, -0.2) is 35.6 Å². The number of piperidine rings is 1. The van der Waals surface area contributed by atoms with Crippen LogP contribution in [-0.2, 0) is 6.54 Å². The van der Waals surface area contributed by atoms with Crippen LogP contribution < -0.4 is 10.3 Å². The first kappa shape index (κ1) is 21.5. The van der Waals surface area contributed by atoms with E-state index in [1.807, 2.05) is 27.7 Å². The van der Waals surface area contributed by atoms with Crippen molar-refractivity contribution in [1.82, 2.24) is 9.47 Å². The molecule has 0 spiro atoms. The van der Waals surface area contributed by atoms with E-state index in [-0.39, 0.29) is 11.5 Å². The van der Waals surface area contributed by atoms with Crippen molar-refractivity contribution >= 4 is 38.2 Å². The number of thiophene rings is 1. The molecule has 2 unspecified atom stereocenters. The third-order valence-corrected chi connectivity index (χ3v) is 8.67. The van der Waals surface area contributed by atoms with E-state index in [2.05, 4.69) is 13.0 Å². The standard InChI is InChI=1S/C26H32N2O3S/c1-3-4-14-28-20-12-8-7-11-19(20)23-21(25(28)29)22(31-2)24(32-23)26(30)27-15-13-17-9-5-6-10-18(17)16-27/h7-8,11-12,17-18H,3-6,9-10,13-16H2,1-2H3. The van der Waals surface area contributed by atoms with Crippen LogP contribution in [0.4, 0.5) is 0 Å². The minimum Gasteiger partial charge on any atom is -0.494 e. The highest BCUT2D eigenvalue weighted by Crippen LogP contribution is 2.42. The van der Waals surface area contributed by atoms with Gasteiger partial charge in [0.1, 0.15) is 10.3 Å². The maximum absolute atomic E-state index is 13.7. The van der Waals surface area contributed by atoms with E-state index in [0.717, 1.165) is 53.9 Å². The lowest BCUT2D eigenvalue weighted by Gasteiger charge is -2.41. The molecule has 2 fully saturated rings. The van der Waals surface area contributed by atoms with Crippen LogP contribution in [0, 0.1) is 11.8 Å². The van der Waals surface area contributed by atoms with Gasteiger partial charge in [0.15, 0.2) is 5.75 Å². The molecule has 0 N–H and O–H groups in total. The summed E-state index contributed by atoms with van der Waals surface area (Å²) in [5, 5.41) is 1.58. The van der Waals surface area contributed by atoms with E-state index >= 15 is 0 Å². The number of aromatic nitrogens is 1. The summed E-state index contributed by atoms with van der Waals surface area (Å²) >= 11 is 1.43. The van der Waals surface area contributed by atoms with Gasteiger partial charge in [-0.3, -0.25) is 9.59 Å². The number of aryl methyl sites for hydroxylation is 1. The molecule has 1 saturated carbocycles. The molecule has 1 aromatic carbocycles. The van der Waals surface area contributed by atoms with Gasteiger partial charge >= 0.3 is 0 Å². The molecule has 2 atom stereocenters. The number of amides is 1. The Labute approximate surface area is 193 Å². The van der Waals surface area contributed by atoms with E-state index in [9.17, 15) is 9.59 Å². The average molecular weight is 453 g/mol. The molecular formula is C26H32N2O3S. The number of fused-ring (bicyclic) bond motifs is 4. The summed E-state index contributed by atoms with van der Waals surface area (Å²) in [6.07, 6.45) is 8.18. The number of carbonyl (C=O) groups excluding carboxylic acids is 1. The van der Waals surface area contributed by atoms with Crippen LogP contribution in [0.15, 0.2) is 29.1 Å². The maximum Gasteiger partial charge on any atom is 0.267 e. The second kappa shape index (κ2) is 8.89. The predicted octanol–water partition coefficient (Wildman–Crippen LogP) is 5.68. The van der Waals surface area contributed by atoms with Crippen molar-refractivity contribution < 1.29 is 9.53 Å². The summed E-state index contributed by atoms with van der Waals surface area (Å²) in [5.74, 6) is 1.87. The molecule has 1 saturated heterocycles. The van der Waals surface area contributed by atoms with Crippen LogP contribution in [0.25, 0.3) is 21.0 Å². The van der Waals surface area contributed by atoms with Gasteiger partial charge in [-0.15, -0.1) is 11.3 Å². The number of rotatable bonds is 5. The Morgan fingerprint density at radius 1 is 1.16 bits per heavy atom. The van der Waals surface area contributed by atoms with Crippen molar-refractivity contribution in [2.24, 2.45) is 11.8 Å². The molecule has 2 aliphatic rings. The molecule has 5 nitrogen and oxygen atoms in total. The molecule has 5 rings (SSSR count). The molecule has 1 aliphatic heterocycles. The van der Waals surface area contributed by atoms with Gasteiger partial charge in [0.05, 0.1) is 17.3 Å². The highest BCUT2D eigenvalue weighted by Gasteiger charge is 2.35. The molecule has 1 amide bonds. The molecule has 32 heavy (non-hydrogen) atoms. The number of hydrogen-bond acceptors (Lipinski definition) is 4. The van der Waals surface area contributed by atoms with Gasteiger partial charge < -0.3 is 14.2 Å². The Bertz CT molecular complexity index is 1210. The number of unbranched alkanes of at least 4 members (excludes halogenated alkanes) is 1. The lowest BCUT2D eigenvalue weighted by Crippen LogP contribution is -2.44. The van der Waals surface area contributed by atoms with Crippen molar-refractivity contribution in [1.29, 1.82) is 0 Å². The highest BCUT2D eigenvalue weighted by molar-refractivity contribution is 7.22. The third kappa shape index (κ3) is 3.53. The summed E-state index contributed by atoms with van der Waals surface area (Å²) < 4.78 is 8.48. The molecule has 0 bridgehead atoms. The lowest BCUT2D eigenvalue weighted by molar-refractivity contribution is 0.0523. The molecule has 2 aromatic heterocycles. The highest BCUT2D eigenvalue weighted by atomic mass is 32.1. The van der Waals surface area contributed by atoms with E-state index in [4.69, 9.17) is 4.74 Å². The number of ether oxygens (including phenoxy) is 1. The monoisotopic (exact) mass is 452 g/mol. The van der Waals surface area contributed by atoms with E-state index < -0.39 is 0 Å². The average Bonchev–Trinajstić information content (AvgIpc) is 3.23. The largest absolute Gasteiger partial charge is 0.494 e. The fraction of sp³-hybridized carbons (Fsp3) is 0.538. The van der Waals surface area contributed by atoms with Crippen molar-refractivity contribution in [3.63, 3.8) is 0 Å². The molecule has 170 valence electrons. The van der Waals surface area contributed by atoms with Gasteiger partial charge in [0.2, 0.25) is 0 Å². The summed E-state index contributed by atoms with van der Waals surface area (Å²) in [5.41, 5.74) is 0.884. The van der Waals surface area contributed by atoms with Crippen molar-refractivity contribution in [3.05, 3.63) is 39.5 Å². The van der Waals surface area contributed by atoms with E-state index in [1.54, 1.807) is 7.11 Å². The second-order valence-electron chi connectivity index (χ2n) is 9.34. The first-order valence-corrected chi connectivity index (χ1v) is 12.9. The van der Waals surface area contributed by atoms with Crippen LogP contribution in [0.2, 0.25) is 0 Å². The van der Waals surface area contributed by atoms with Gasteiger partial charge in [0.25, 0.3) is 11.5 Å². The first-order valence-electron chi connectivity index (χ1n) is 12.0. The number of methoxy groups -OCH3 is 1. The maximum atomic E-state index is 13.7. The van der Waals surface area contributed by atoms with Crippen molar-refractivity contribution in [2.75, 3.05) is 20.2 Å². The summed E-state index contributed by atoms with van der Waals surface area (Å²) in [6.45, 7) is 4.44. The zero-order chi connectivity index (χ0) is 22.2. The normalized spacial score (nSPS) is 21.1. The van der Waals surface area contributed by atoms with Gasteiger partial charge in [-0.05, 0) is 37.2 Å². The van der Waals surface area contributed by atoms with E-state index in [0.29, 0.717) is 28.5 Å². The van der Waals surface area contributed by atoms with Gasteiger partial charge in [-0.1, -0.05) is 50.8 Å². The molecule has 0 radical (unpaired) electrons. The fourth-order valence-electron chi connectivity index (χ4n) is 5.75.